The molecule has 0 aromatic carbocycles. The van der Waals surface area contributed by atoms with Crippen LogP contribution < -0.4 is 5.32 Å². The molecule has 1 aromatic heterocycles. The number of fused-ring (bicyclic) bond motifs is 1. The van der Waals surface area contributed by atoms with E-state index in [1.807, 2.05) is 4.90 Å². The van der Waals surface area contributed by atoms with E-state index in [1.165, 1.54) is 25.5 Å². The molecule has 4 atom stereocenters. The average Bonchev–Trinajstić information content (AvgIpc) is 3.01. The maximum absolute atomic E-state index is 12.6. The van der Waals surface area contributed by atoms with E-state index in [0.717, 1.165) is 13.0 Å². The molecule has 19 heavy (non-hydrogen) atoms. The molecular weight excluding hydrogens is 242 g/mol. The molecule has 1 saturated carbocycles. The van der Waals surface area contributed by atoms with E-state index in [0.29, 0.717) is 23.9 Å². The SMILES string of the molecule is C[C@@]12C[C@H]3CN(C(=O)c4ccno4)[C@@H]1CCC[C@@H]2N3. The minimum absolute atomic E-state index is 0.00257. The summed E-state index contributed by atoms with van der Waals surface area (Å²) >= 11 is 0. The Morgan fingerprint density at radius 1 is 1.58 bits per heavy atom. The molecule has 5 heteroatoms. The van der Waals surface area contributed by atoms with Gasteiger partial charge in [-0.15, -0.1) is 0 Å². The Bertz CT molecular complexity index is 501. The first-order valence-corrected chi connectivity index (χ1v) is 7.16. The summed E-state index contributed by atoms with van der Waals surface area (Å²) < 4.78 is 5.05. The zero-order chi connectivity index (χ0) is 13.0. The van der Waals surface area contributed by atoms with Crippen molar-refractivity contribution in [3.63, 3.8) is 0 Å². The molecule has 102 valence electrons. The van der Waals surface area contributed by atoms with Crippen LogP contribution in [0.3, 0.4) is 0 Å². The maximum Gasteiger partial charge on any atom is 0.292 e. The zero-order valence-corrected chi connectivity index (χ0v) is 11.1. The number of rotatable bonds is 1. The number of nitrogens with one attached hydrogen (secondary N) is 1. The number of carbonyl (C=O) groups is 1. The molecule has 1 aromatic rings. The average molecular weight is 261 g/mol. The normalized spacial score (nSPS) is 40.5. The van der Waals surface area contributed by atoms with Crippen LogP contribution in [0.5, 0.6) is 0 Å². The third-order valence-corrected chi connectivity index (χ3v) is 5.35. The molecule has 1 N–H and O–H groups in total. The maximum atomic E-state index is 12.6. The first-order valence-electron chi connectivity index (χ1n) is 7.16. The third kappa shape index (κ3) is 1.51. The Balaban J connectivity index is 1.69. The van der Waals surface area contributed by atoms with Crippen LogP contribution >= 0.6 is 0 Å². The summed E-state index contributed by atoms with van der Waals surface area (Å²) in [7, 11) is 0. The number of piperidine rings is 1. The van der Waals surface area contributed by atoms with Crippen molar-refractivity contribution in [2.45, 2.75) is 50.7 Å². The number of amides is 1. The molecule has 2 bridgehead atoms. The molecule has 0 unspecified atom stereocenters. The van der Waals surface area contributed by atoms with Crippen LogP contribution in [0.15, 0.2) is 16.8 Å². The van der Waals surface area contributed by atoms with Gasteiger partial charge in [-0.2, -0.15) is 0 Å². The highest BCUT2D eigenvalue weighted by atomic mass is 16.5. The van der Waals surface area contributed by atoms with E-state index in [4.69, 9.17) is 4.52 Å². The zero-order valence-electron chi connectivity index (χ0n) is 11.1. The van der Waals surface area contributed by atoms with Crippen LogP contribution in [-0.2, 0) is 0 Å². The van der Waals surface area contributed by atoms with Gasteiger partial charge in [0.1, 0.15) is 0 Å². The predicted molar refractivity (Wildman–Crippen MR) is 68.6 cm³/mol. The molecule has 0 spiro atoms. The van der Waals surface area contributed by atoms with Gasteiger partial charge >= 0.3 is 0 Å². The Labute approximate surface area is 112 Å². The smallest absolute Gasteiger partial charge is 0.292 e. The quantitative estimate of drug-likeness (QED) is 0.830. The monoisotopic (exact) mass is 261 g/mol. The molecule has 2 aliphatic heterocycles. The highest BCUT2D eigenvalue weighted by Gasteiger charge is 2.57. The van der Waals surface area contributed by atoms with Crippen LogP contribution in [0.25, 0.3) is 0 Å². The summed E-state index contributed by atoms with van der Waals surface area (Å²) in [4.78, 5) is 14.6. The fraction of sp³-hybridized carbons (Fsp3) is 0.714. The van der Waals surface area contributed by atoms with Gasteiger partial charge < -0.3 is 14.7 Å². The van der Waals surface area contributed by atoms with E-state index >= 15 is 0 Å². The lowest BCUT2D eigenvalue weighted by atomic mass is 9.66. The molecule has 2 saturated heterocycles. The summed E-state index contributed by atoms with van der Waals surface area (Å²) in [5, 5.41) is 7.37. The van der Waals surface area contributed by atoms with Gasteiger partial charge in [0.05, 0.1) is 6.20 Å². The number of nitrogens with zero attached hydrogens (tertiary/aromatic N) is 2. The minimum atomic E-state index is 0.00257. The molecule has 1 amide bonds. The fourth-order valence-electron chi connectivity index (χ4n) is 4.52. The van der Waals surface area contributed by atoms with E-state index in [1.54, 1.807) is 6.07 Å². The summed E-state index contributed by atoms with van der Waals surface area (Å²) in [6, 6.07) is 3.02. The number of carbonyl (C=O) groups excluding carboxylic acids is 1. The van der Waals surface area contributed by atoms with E-state index in [9.17, 15) is 4.79 Å². The largest absolute Gasteiger partial charge is 0.351 e. The van der Waals surface area contributed by atoms with Crippen molar-refractivity contribution < 1.29 is 9.32 Å². The second-order valence-electron chi connectivity index (χ2n) is 6.41. The van der Waals surface area contributed by atoms with Crippen LogP contribution in [-0.4, -0.2) is 40.6 Å². The number of likely N-dealkylation sites (tertiary alicyclic amines) is 1. The van der Waals surface area contributed by atoms with Gasteiger partial charge in [0, 0.05) is 36.2 Å². The van der Waals surface area contributed by atoms with Crippen LogP contribution in [0, 0.1) is 5.41 Å². The topological polar surface area (TPSA) is 58.4 Å². The summed E-state index contributed by atoms with van der Waals surface area (Å²) in [5.74, 6) is 0.370. The summed E-state index contributed by atoms with van der Waals surface area (Å²) in [5.41, 5.74) is 0.233. The van der Waals surface area contributed by atoms with Gasteiger partial charge in [0.25, 0.3) is 5.91 Å². The Morgan fingerprint density at radius 3 is 3.26 bits per heavy atom. The molecular formula is C14H19N3O2. The molecule has 3 fully saturated rings. The first kappa shape index (κ1) is 11.5. The van der Waals surface area contributed by atoms with Crippen molar-refractivity contribution in [1.29, 1.82) is 0 Å². The Kier molecular flexibility index (Phi) is 2.31. The lowest BCUT2D eigenvalue weighted by Crippen LogP contribution is -2.57. The van der Waals surface area contributed by atoms with Gasteiger partial charge in [-0.1, -0.05) is 12.1 Å². The second kappa shape index (κ2) is 3.82. The second-order valence-corrected chi connectivity index (χ2v) is 6.41. The molecule has 0 radical (unpaired) electrons. The highest BCUT2D eigenvalue weighted by Crippen LogP contribution is 2.50. The first-order chi connectivity index (χ1) is 9.18. The standard InChI is InChI=1S/C14H19N3O2/c1-14-7-9-8-17(13(18)10-5-6-15-19-10)12(14)4-2-3-11(14)16-9/h5-6,9,11-12,16H,2-4,7-8H2,1H3/t9-,11-,12+,14-/m0/s1. The highest BCUT2D eigenvalue weighted by molar-refractivity contribution is 5.91. The summed E-state index contributed by atoms with van der Waals surface area (Å²) in [6.07, 6.45) is 6.29. The van der Waals surface area contributed by atoms with Gasteiger partial charge in [-0.3, -0.25) is 4.79 Å². The van der Waals surface area contributed by atoms with Crippen molar-refractivity contribution in [2.75, 3.05) is 6.54 Å². The van der Waals surface area contributed by atoms with Crippen molar-refractivity contribution in [3.8, 4) is 0 Å². The lowest BCUT2D eigenvalue weighted by molar-refractivity contribution is 0.0104. The van der Waals surface area contributed by atoms with Crippen molar-refractivity contribution in [1.82, 2.24) is 15.4 Å². The van der Waals surface area contributed by atoms with Gasteiger partial charge in [0.2, 0.25) is 5.76 Å². The third-order valence-electron chi connectivity index (χ3n) is 5.35. The van der Waals surface area contributed by atoms with Gasteiger partial charge in [-0.05, 0) is 25.7 Å². The Morgan fingerprint density at radius 2 is 2.47 bits per heavy atom. The van der Waals surface area contributed by atoms with Crippen molar-refractivity contribution >= 4 is 5.91 Å². The van der Waals surface area contributed by atoms with Crippen LogP contribution in [0.1, 0.15) is 43.2 Å². The molecule has 4 rings (SSSR count). The van der Waals surface area contributed by atoms with Crippen LogP contribution in [0.2, 0.25) is 0 Å². The summed E-state index contributed by atoms with van der Waals surface area (Å²) in [6.45, 7) is 3.14. The van der Waals surface area contributed by atoms with Crippen molar-refractivity contribution in [3.05, 3.63) is 18.0 Å². The van der Waals surface area contributed by atoms with Gasteiger partial charge in [0.15, 0.2) is 0 Å². The Hall–Kier alpha value is -1.36. The van der Waals surface area contributed by atoms with E-state index < -0.39 is 0 Å². The molecule has 1 aliphatic carbocycles. The van der Waals surface area contributed by atoms with Gasteiger partial charge in [-0.25, -0.2) is 0 Å². The molecule has 3 heterocycles. The minimum Gasteiger partial charge on any atom is -0.351 e. The number of hydrogen-bond donors (Lipinski definition) is 1. The van der Waals surface area contributed by atoms with E-state index in [-0.39, 0.29) is 11.3 Å². The molecule has 5 nitrogen and oxygen atoms in total. The van der Waals surface area contributed by atoms with Crippen molar-refractivity contribution in [2.24, 2.45) is 5.41 Å². The number of hydrogen-bond acceptors (Lipinski definition) is 4. The molecule has 3 aliphatic rings. The predicted octanol–water partition coefficient (Wildman–Crippen LogP) is 1.42. The number of aromatic nitrogens is 1. The fourth-order valence-corrected chi connectivity index (χ4v) is 4.52. The lowest BCUT2D eigenvalue weighted by Gasteiger charge is -2.49. The van der Waals surface area contributed by atoms with Crippen LogP contribution in [0.4, 0.5) is 0 Å². The van der Waals surface area contributed by atoms with E-state index in [2.05, 4.69) is 17.4 Å².